The molecule has 13 heteroatoms. The minimum absolute atomic E-state index is 0.000289. The minimum atomic E-state index is -0.894. The third kappa shape index (κ3) is 5.93. The van der Waals surface area contributed by atoms with Gasteiger partial charge in [0.15, 0.2) is 10.1 Å². The number of halogens is 2. The average Bonchev–Trinajstić information content (AvgIpc) is 3.64. The molecule has 5 rings (SSSR count). The summed E-state index contributed by atoms with van der Waals surface area (Å²) in [5.41, 5.74) is 3.13. The van der Waals surface area contributed by atoms with Crippen molar-refractivity contribution < 1.29 is 14.7 Å². The van der Waals surface area contributed by atoms with E-state index in [1.807, 2.05) is 37.3 Å². The summed E-state index contributed by atoms with van der Waals surface area (Å²) in [6.07, 6.45) is 0. The van der Waals surface area contributed by atoms with Crippen molar-refractivity contribution in [3.63, 3.8) is 0 Å². The number of carbonyl (C=O) groups excluding carboxylic acids is 2. The van der Waals surface area contributed by atoms with Gasteiger partial charge in [0.05, 0.1) is 27.2 Å². The van der Waals surface area contributed by atoms with Crippen LogP contribution in [0.1, 0.15) is 51.4 Å². The number of amides is 1. The molecule has 1 aliphatic heterocycles. The normalized spacial score (nSPS) is 15.1. The summed E-state index contributed by atoms with van der Waals surface area (Å²) >= 11 is 16.2. The summed E-state index contributed by atoms with van der Waals surface area (Å²) in [5.74, 6) is -1.21. The SMILES string of the molecule is CCN(CC)c1ccc(C2C(C(=O)c3sc(C)nc3C)=C(O)C(=O)N2c2nnc(SCc3ccc(Cl)cc3Cl)s2)cc1. The lowest BCUT2D eigenvalue weighted by Gasteiger charge is -2.25. The lowest BCUT2D eigenvalue weighted by Crippen LogP contribution is -2.31. The number of aliphatic hydroxyl groups excluding tert-OH is 1. The van der Waals surface area contributed by atoms with Crippen molar-refractivity contribution >= 4 is 80.1 Å². The van der Waals surface area contributed by atoms with Crippen LogP contribution >= 0.6 is 57.6 Å². The molecule has 0 saturated carbocycles. The van der Waals surface area contributed by atoms with Gasteiger partial charge in [-0.2, -0.15) is 0 Å². The van der Waals surface area contributed by atoms with Gasteiger partial charge in [-0.3, -0.25) is 14.5 Å². The number of aliphatic hydroxyl groups is 1. The third-order valence-corrected chi connectivity index (χ3v) is 10.6. The summed E-state index contributed by atoms with van der Waals surface area (Å²) in [5, 5.41) is 21.8. The number of thioether (sulfide) groups is 1. The topological polar surface area (TPSA) is 99.5 Å². The maximum Gasteiger partial charge on any atom is 0.296 e. The number of aromatic nitrogens is 3. The van der Waals surface area contributed by atoms with Crippen molar-refractivity contribution in [3.05, 3.63) is 90.5 Å². The van der Waals surface area contributed by atoms with E-state index in [0.29, 0.717) is 36.3 Å². The highest BCUT2D eigenvalue weighted by molar-refractivity contribution is 8.00. The molecule has 0 radical (unpaired) electrons. The van der Waals surface area contributed by atoms with E-state index in [1.54, 1.807) is 19.1 Å². The molecule has 1 atom stereocenters. The summed E-state index contributed by atoms with van der Waals surface area (Å²) in [7, 11) is 0. The summed E-state index contributed by atoms with van der Waals surface area (Å²) in [4.78, 5) is 35.8. The number of rotatable bonds is 10. The first kappa shape index (κ1) is 30.5. The van der Waals surface area contributed by atoms with E-state index in [0.717, 1.165) is 29.3 Å². The molecule has 4 aromatic rings. The molecule has 2 aromatic carbocycles. The smallest absolute Gasteiger partial charge is 0.296 e. The van der Waals surface area contributed by atoms with Gasteiger partial charge in [0.25, 0.3) is 5.91 Å². The van der Waals surface area contributed by atoms with E-state index in [2.05, 4.69) is 33.9 Å². The fraction of sp³-hybridized carbons (Fsp3) is 0.276. The van der Waals surface area contributed by atoms with Crippen molar-refractivity contribution in [1.82, 2.24) is 15.2 Å². The summed E-state index contributed by atoms with van der Waals surface area (Å²) in [6.45, 7) is 9.40. The highest BCUT2D eigenvalue weighted by Gasteiger charge is 2.46. The van der Waals surface area contributed by atoms with E-state index >= 15 is 0 Å². The van der Waals surface area contributed by atoms with Gasteiger partial charge in [0.2, 0.25) is 10.9 Å². The Labute approximate surface area is 266 Å². The van der Waals surface area contributed by atoms with E-state index in [4.69, 9.17) is 23.2 Å². The zero-order chi connectivity index (χ0) is 30.1. The molecule has 1 unspecified atom stereocenters. The molecule has 3 heterocycles. The lowest BCUT2D eigenvalue weighted by atomic mass is 9.95. The first-order valence-corrected chi connectivity index (χ1v) is 16.5. The highest BCUT2D eigenvalue weighted by Crippen LogP contribution is 2.45. The predicted octanol–water partition coefficient (Wildman–Crippen LogP) is 7.84. The quantitative estimate of drug-likeness (QED) is 0.104. The van der Waals surface area contributed by atoms with E-state index in [9.17, 15) is 14.7 Å². The van der Waals surface area contributed by atoms with Crippen molar-refractivity contribution in [2.75, 3.05) is 22.9 Å². The van der Waals surface area contributed by atoms with Crippen LogP contribution in [0.25, 0.3) is 0 Å². The van der Waals surface area contributed by atoms with Gasteiger partial charge in [0, 0.05) is 34.6 Å². The van der Waals surface area contributed by atoms with Gasteiger partial charge < -0.3 is 10.0 Å². The van der Waals surface area contributed by atoms with Crippen LogP contribution in [0, 0.1) is 13.8 Å². The number of Topliss-reactive ketones (excluding diaryl/α,β-unsaturated/α-hetero) is 1. The Balaban J connectivity index is 1.51. The fourth-order valence-electron chi connectivity index (χ4n) is 4.81. The lowest BCUT2D eigenvalue weighted by molar-refractivity contribution is -0.117. The number of nitrogens with zero attached hydrogens (tertiary/aromatic N) is 5. The molecular weight excluding hydrogens is 633 g/mol. The van der Waals surface area contributed by atoms with Crippen LogP contribution < -0.4 is 9.80 Å². The Morgan fingerprint density at radius 2 is 1.79 bits per heavy atom. The molecule has 0 bridgehead atoms. The Hall–Kier alpha value is -2.96. The van der Waals surface area contributed by atoms with Gasteiger partial charge >= 0.3 is 0 Å². The minimum Gasteiger partial charge on any atom is -0.503 e. The number of aryl methyl sites for hydroxylation is 2. The van der Waals surface area contributed by atoms with Gasteiger partial charge in [-0.05, 0) is 63.1 Å². The molecule has 0 saturated heterocycles. The Kier molecular flexibility index (Phi) is 9.24. The first-order valence-electron chi connectivity index (χ1n) is 13.1. The zero-order valence-electron chi connectivity index (χ0n) is 23.2. The molecular formula is C29H27Cl2N5O3S3. The molecule has 0 fully saturated rings. The third-order valence-electron chi connectivity index (χ3n) is 6.87. The number of hydrogen-bond acceptors (Lipinski definition) is 10. The molecule has 0 aliphatic carbocycles. The molecule has 0 spiro atoms. The van der Waals surface area contributed by atoms with Crippen molar-refractivity contribution in [2.24, 2.45) is 0 Å². The largest absolute Gasteiger partial charge is 0.503 e. The molecule has 8 nitrogen and oxygen atoms in total. The second-order valence-electron chi connectivity index (χ2n) is 9.46. The number of benzene rings is 2. The van der Waals surface area contributed by atoms with Crippen LogP contribution in [-0.2, 0) is 10.5 Å². The average molecular weight is 661 g/mol. The second kappa shape index (κ2) is 12.7. The van der Waals surface area contributed by atoms with E-state index in [1.165, 1.54) is 39.3 Å². The summed E-state index contributed by atoms with van der Waals surface area (Å²) < 4.78 is 0.604. The van der Waals surface area contributed by atoms with Gasteiger partial charge in [-0.15, -0.1) is 21.5 Å². The van der Waals surface area contributed by atoms with Gasteiger partial charge in [0.1, 0.15) is 0 Å². The Morgan fingerprint density at radius 1 is 1.07 bits per heavy atom. The molecule has 1 amide bonds. The van der Waals surface area contributed by atoms with Gasteiger partial charge in [-0.1, -0.05) is 64.5 Å². The second-order valence-corrected chi connectivity index (χ2v) is 13.7. The van der Waals surface area contributed by atoms with Crippen molar-refractivity contribution in [3.8, 4) is 0 Å². The number of hydrogen-bond donors (Lipinski definition) is 1. The number of ketones is 1. The number of anilines is 2. The number of thiazole rings is 1. The first-order chi connectivity index (χ1) is 20.1. The highest BCUT2D eigenvalue weighted by atomic mass is 35.5. The predicted molar refractivity (Wildman–Crippen MR) is 172 cm³/mol. The zero-order valence-corrected chi connectivity index (χ0v) is 27.2. The molecule has 2 aromatic heterocycles. The van der Waals surface area contributed by atoms with Gasteiger partial charge in [-0.25, -0.2) is 4.98 Å². The van der Waals surface area contributed by atoms with Crippen LogP contribution in [0.15, 0.2) is 58.1 Å². The summed E-state index contributed by atoms with van der Waals surface area (Å²) in [6, 6.07) is 12.1. The van der Waals surface area contributed by atoms with Crippen LogP contribution in [-0.4, -0.2) is 45.1 Å². The van der Waals surface area contributed by atoms with E-state index < -0.39 is 23.5 Å². The van der Waals surface area contributed by atoms with Crippen LogP contribution in [0.5, 0.6) is 0 Å². The molecule has 218 valence electrons. The maximum absolute atomic E-state index is 13.9. The Bertz CT molecular complexity index is 1680. The van der Waals surface area contributed by atoms with Crippen LogP contribution in [0.4, 0.5) is 10.8 Å². The van der Waals surface area contributed by atoms with Crippen LogP contribution in [0.2, 0.25) is 10.0 Å². The van der Waals surface area contributed by atoms with Crippen molar-refractivity contribution in [1.29, 1.82) is 0 Å². The molecule has 1 aliphatic rings. The molecule has 1 N–H and O–H groups in total. The number of carbonyl (C=O) groups is 2. The molecule has 42 heavy (non-hydrogen) atoms. The van der Waals surface area contributed by atoms with E-state index in [-0.39, 0.29) is 10.7 Å². The fourth-order valence-corrected chi connectivity index (χ4v) is 8.11. The Morgan fingerprint density at radius 3 is 2.40 bits per heavy atom. The standard InChI is InChI=1S/C29H27Cl2N5O3S3/c1-5-35(6-2)20-11-8-17(9-12-20)23-22(24(37)26-15(3)32-16(4)41-26)25(38)27(39)36(23)28-33-34-29(42-28)40-14-18-7-10-19(30)13-21(18)31/h7-13,23,38H,5-6,14H2,1-4H3. The van der Waals surface area contributed by atoms with Crippen LogP contribution in [0.3, 0.4) is 0 Å². The monoisotopic (exact) mass is 659 g/mol. The van der Waals surface area contributed by atoms with Crippen molar-refractivity contribution in [2.45, 2.75) is 43.8 Å². The maximum atomic E-state index is 13.9.